The van der Waals surface area contributed by atoms with Crippen LogP contribution in [0.2, 0.25) is 0 Å². The lowest BCUT2D eigenvalue weighted by atomic mass is 10.2. The summed E-state index contributed by atoms with van der Waals surface area (Å²) in [5.74, 6) is -0.179. The van der Waals surface area contributed by atoms with Gasteiger partial charge >= 0.3 is 0 Å². The molecule has 17 heavy (non-hydrogen) atoms. The van der Waals surface area contributed by atoms with E-state index in [9.17, 15) is 13.5 Å². The van der Waals surface area contributed by atoms with Crippen LogP contribution < -0.4 is 4.72 Å². The van der Waals surface area contributed by atoms with Gasteiger partial charge in [-0.05, 0) is 25.5 Å². The van der Waals surface area contributed by atoms with Crippen LogP contribution >= 0.6 is 0 Å². The van der Waals surface area contributed by atoms with Gasteiger partial charge in [0.1, 0.15) is 5.75 Å². The van der Waals surface area contributed by atoms with Gasteiger partial charge in [-0.3, -0.25) is 4.72 Å². The second kappa shape index (κ2) is 5.88. The number of benzene rings is 1. The molecule has 0 radical (unpaired) electrons. The maximum absolute atomic E-state index is 11.6. The minimum atomic E-state index is -3.48. The molecule has 1 aromatic rings. The average molecular weight is 259 g/mol. The van der Waals surface area contributed by atoms with Gasteiger partial charge in [-0.1, -0.05) is 12.1 Å². The Bertz CT molecular complexity index is 470. The Morgan fingerprint density at radius 1 is 1.41 bits per heavy atom. The van der Waals surface area contributed by atoms with Crippen molar-refractivity contribution in [2.24, 2.45) is 0 Å². The van der Waals surface area contributed by atoms with Crippen LogP contribution in [0.1, 0.15) is 12.5 Å². The standard InChI is InChI=1S/C11H17NO4S/c1-3-16-7-8-17(14,15)12-10-6-4-5-9(2)11(10)13/h4-6,12-13H,3,7-8H2,1-2H3. The summed E-state index contributed by atoms with van der Waals surface area (Å²) in [6.45, 7) is 4.11. The molecule has 0 bridgehead atoms. The smallest absolute Gasteiger partial charge is 0.235 e. The summed E-state index contributed by atoms with van der Waals surface area (Å²) >= 11 is 0. The molecule has 0 aliphatic carbocycles. The SMILES string of the molecule is CCOCCS(=O)(=O)Nc1cccc(C)c1O. The van der Waals surface area contributed by atoms with Crippen molar-refractivity contribution in [3.8, 4) is 5.75 Å². The minimum absolute atomic E-state index is 0.0486. The van der Waals surface area contributed by atoms with Gasteiger partial charge in [0.05, 0.1) is 18.0 Å². The average Bonchev–Trinajstić information content (AvgIpc) is 2.25. The molecular formula is C11H17NO4S. The first-order valence-corrected chi connectivity index (χ1v) is 6.98. The van der Waals surface area contributed by atoms with Crippen LogP contribution in [0.4, 0.5) is 5.69 Å². The lowest BCUT2D eigenvalue weighted by Gasteiger charge is -2.10. The van der Waals surface area contributed by atoms with Crippen molar-refractivity contribution < 1.29 is 18.3 Å². The first-order valence-electron chi connectivity index (χ1n) is 5.33. The Morgan fingerprint density at radius 3 is 2.76 bits per heavy atom. The molecule has 0 saturated carbocycles. The number of phenolic OH excluding ortho intramolecular Hbond substituents is 1. The first kappa shape index (κ1) is 13.8. The van der Waals surface area contributed by atoms with Crippen molar-refractivity contribution in [3.05, 3.63) is 23.8 Å². The number of phenols is 1. The third-order valence-corrected chi connectivity index (χ3v) is 3.44. The molecule has 0 amide bonds. The first-order chi connectivity index (χ1) is 7.96. The van der Waals surface area contributed by atoms with Crippen LogP contribution in [-0.2, 0) is 14.8 Å². The van der Waals surface area contributed by atoms with Crippen molar-refractivity contribution in [1.29, 1.82) is 0 Å². The van der Waals surface area contributed by atoms with E-state index in [1.807, 2.05) is 0 Å². The topological polar surface area (TPSA) is 75.6 Å². The Kier molecular flexibility index (Phi) is 4.77. The number of anilines is 1. The van der Waals surface area contributed by atoms with Gasteiger partial charge in [-0.25, -0.2) is 8.42 Å². The molecule has 6 heteroatoms. The van der Waals surface area contributed by atoms with E-state index in [1.54, 1.807) is 26.0 Å². The number of para-hydroxylation sites is 1. The van der Waals surface area contributed by atoms with E-state index >= 15 is 0 Å². The molecule has 2 N–H and O–H groups in total. The molecule has 0 fully saturated rings. The summed E-state index contributed by atoms with van der Waals surface area (Å²) in [5, 5.41) is 9.67. The molecule has 96 valence electrons. The molecule has 5 nitrogen and oxygen atoms in total. The molecule has 0 heterocycles. The van der Waals surface area contributed by atoms with E-state index in [-0.39, 0.29) is 23.8 Å². The van der Waals surface area contributed by atoms with Gasteiger partial charge in [0.15, 0.2) is 0 Å². The van der Waals surface area contributed by atoms with E-state index in [0.29, 0.717) is 12.2 Å². The Morgan fingerprint density at radius 2 is 2.12 bits per heavy atom. The van der Waals surface area contributed by atoms with Crippen LogP contribution in [-0.4, -0.2) is 32.5 Å². The second-order valence-corrected chi connectivity index (χ2v) is 5.43. The van der Waals surface area contributed by atoms with Crippen LogP contribution in [0.3, 0.4) is 0 Å². The Balaban J connectivity index is 2.73. The molecule has 0 unspecified atom stereocenters. The van der Waals surface area contributed by atoms with Gasteiger partial charge in [-0.15, -0.1) is 0 Å². The number of aryl methyl sites for hydroxylation is 1. The van der Waals surface area contributed by atoms with Gasteiger partial charge in [0.2, 0.25) is 10.0 Å². The van der Waals surface area contributed by atoms with Gasteiger partial charge in [0, 0.05) is 6.61 Å². The summed E-state index contributed by atoms with van der Waals surface area (Å²) in [6, 6.07) is 4.89. The maximum Gasteiger partial charge on any atom is 0.235 e. The third kappa shape index (κ3) is 4.24. The number of rotatable bonds is 6. The van der Waals surface area contributed by atoms with Gasteiger partial charge in [0.25, 0.3) is 0 Å². The highest BCUT2D eigenvalue weighted by molar-refractivity contribution is 7.92. The monoisotopic (exact) mass is 259 g/mol. The van der Waals surface area contributed by atoms with Gasteiger partial charge < -0.3 is 9.84 Å². The van der Waals surface area contributed by atoms with E-state index in [4.69, 9.17) is 4.74 Å². The maximum atomic E-state index is 11.6. The second-order valence-electron chi connectivity index (χ2n) is 3.59. The molecule has 0 aliphatic heterocycles. The summed E-state index contributed by atoms with van der Waals surface area (Å²) in [7, 11) is -3.48. The molecule has 0 spiro atoms. The highest BCUT2D eigenvalue weighted by Gasteiger charge is 2.13. The minimum Gasteiger partial charge on any atom is -0.505 e. The molecule has 1 aromatic carbocycles. The van der Waals surface area contributed by atoms with Crippen molar-refractivity contribution in [2.45, 2.75) is 13.8 Å². The van der Waals surface area contributed by atoms with E-state index in [1.165, 1.54) is 6.07 Å². The van der Waals surface area contributed by atoms with Crippen LogP contribution in [0, 0.1) is 6.92 Å². The number of ether oxygens (including phenoxy) is 1. The highest BCUT2D eigenvalue weighted by Crippen LogP contribution is 2.27. The quantitative estimate of drug-likeness (QED) is 0.599. The van der Waals surface area contributed by atoms with Crippen molar-refractivity contribution in [3.63, 3.8) is 0 Å². The summed E-state index contributed by atoms with van der Waals surface area (Å²) < 4.78 is 30.6. The molecule has 0 aromatic heterocycles. The number of nitrogens with one attached hydrogen (secondary N) is 1. The van der Waals surface area contributed by atoms with Crippen molar-refractivity contribution >= 4 is 15.7 Å². The number of hydrogen-bond donors (Lipinski definition) is 2. The van der Waals surface area contributed by atoms with Crippen LogP contribution in [0.15, 0.2) is 18.2 Å². The molecule has 1 rings (SSSR count). The third-order valence-electron chi connectivity index (χ3n) is 2.20. The largest absolute Gasteiger partial charge is 0.505 e. The van der Waals surface area contributed by atoms with E-state index in [2.05, 4.69) is 4.72 Å². The number of hydrogen-bond acceptors (Lipinski definition) is 4. The Labute approximate surface area is 101 Å². The zero-order valence-electron chi connectivity index (χ0n) is 9.93. The van der Waals surface area contributed by atoms with Crippen molar-refractivity contribution in [2.75, 3.05) is 23.7 Å². The summed E-state index contributed by atoms with van der Waals surface area (Å²) in [4.78, 5) is 0. The summed E-state index contributed by atoms with van der Waals surface area (Å²) in [5.41, 5.74) is 0.816. The van der Waals surface area contributed by atoms with E-state index < -0.39 is 10.0 Å². The van der Waals surface area contributed by atoms with Crippen LogP contribution in [0.25, 0.3) is 0 Å². The normalized spacial score (nSPS) is 11.4. The zero-order valence-corrected chi connectivity index (χ0v) is 10.8. The fraction of sp³-hybridized carbons (Fsp3) is 0.455. The molecular weight excluding hydrogens is 242 g/mol. The van der Waals surface area contributed by atoms with E-state index in [0.717, 1.165) is 0 Å². The molecule has 0 saturated heterocycles. The predicted octanol–water partition coefficient (Wildman–Crippen LogP) is 1.48. The number of aromatic hydroxyl groups is 1. The lowest BCUT2D eigenvalue weighted by Crippen LogP contribution is -2.20. The lowest BCUT2D eigenvalue weighted by molar-refractivity contribution is 0.163. The van der Waals surface area contributed by atoms with Crippen LogP contribution in [0.5, 0.6) is 5.75 Å². The van der Waals surface area contributed by atoms with Crippen molar-refractivity contribution in [1.82, 2.24) is 0 Å². The Hall–Kier alpha value is -1.27. The zero-order chi connectivity index (χ0) is 12.9. The van der Waals surface area contributed by atoms with Gasteiger partial charge in [-0.2, -0.15) is 0 Å². The fourth-order valence-electron chi connectivity index (χ4n) is 1.27. The highest BCUT2D eigenvalue weighted by atomic mass is 32.2. The number of sulfonamides is 1. The molecule has 0 atom stereocenters. The molecule has 0 aliphatic rings. The summed E-state index contributed by atoms with van der Waals surface area (Å²) in [6.07, 6.45) is 0. The fourth-order valence-corrected chi connectivity index (χ4v) is 2.21. The predicted molar refractivity (Wildman–Crippen MR) is 66.7 cm³/mol.